The lowest BCUT2D eigenvalue weighted by Crippen LogP contribution is -2.51. The number of benzene rings is 2. The Morgan fingerprint density at radius 3 is 2.22 bits per heavy atom. The molecule has 37 heavy (non-hydrogen) atoms. The van der Waals surface area contributed by atoms with Gasteiger partial charge in [-0.25, -0.2) is 4.79 Å². The maximum atomic E-state index is 13.2. The Hall–Kier alpha value is -2.77. The summed E-state index contributed by atoms with van der Waals surface area (Å²) in [5.41, 5.74) is 0.0719. The molecule has 0 aromatic heterocycles. The van der Waals surface area contributed by atoms with Crippen LogP contribution in [0.1, 0.15) is 44.7 Å². The van der Waals surface area contributed by atoms with Crippen LogP contribution in [0, 0.1) is 16.7 Å². The summed E-state index contributed by atoms with van der Waals surface area (Å²) in [6.07, 6.45) is 1.19. The fourth-order valence-electron chi connectivity index (χ4n) is 5.09. The molecule has 3 rings (SSSR count). The number of hydrogen-bond donors (Lipinski definition) is 2. The summed E-state index contributed by atoms with van der Waals surface area (Å²) in [7, 11) is 3.42. The van der Waals surface area contributed by atoms with Crippen molar-refractivity contribution in [3.05, 3.63) is 63.6 Å². The topological polar surface area (TPSA) is 95.9 Å². The standard InChI is InChI=1S/C28H34Cl2N2O5/c1-27(2)20(13-14-28(27,3)26(36)32(4)5)24(33)31-23(25(34)35)15-17-9-11-18(12-10-17)37-16-19-21(29)7-6-8-22(19)30/h6-12,20,23H,13-16H2,1-5H3,(H,31,33)(H,34,35)/t20-,23+,28+/m1/s1. The number of nitrogens with zero attached hydrogens (tertiary/aromatic N) is 1. The normalized spacial score (nSPS) is 21.2. The van der Waals surface area contributed by atoms with Gasteiger partial charge in [0, 0.05) is 42.0 Å². The van der Waals surface area contributed by atoms with Crippen LogP contribution in [-0.4, -0.2) is 47.9 Å². The van der Waals surface area contributed by atoms with Gasteiger partial charge < -0.3 is 20.1 Å². The zero-order valence-electron chi connectivity index (χ0n) is 21.8. The molecule has 1 aliphatic carbocycles. The van der Waals surface area contributed by atoms with Gasteiger partial charge in [0.05, 0.1) is 5.41 Å². The van der Waals surface area contributed by atoms with Crippen LogP contribution < -0.4 is 10.1 Å². The number of rotatable bonds is 9. The average molecular weight is 549 g/mol. The second kappa shape index (κ2) is 11.3. The van der Waals surface area contributed by atoms with Crippen LogP contribution in [0.25, 0.3) is 0 Å². The van der Waals surface area contributed by atoms with Crippen molar-refractivity contribution in [1.82, 2.24) is 10.2 Å². The number of carbonyl (C=O) groups is 3. The fourth-order valence-corrected chi connectivity index (χ4v) is 5.60. The van der Waals surface area contributed by atoms with Gasteiger partial charge in [0.2, 0.25) is 11.8 Å². The molecule has 0 unspecified atom stereocenters. The van der Waals surface area contributed by atoms with Crippen molar-refractivity contribution < 1.29 is 24.2 Å². The van der Waals surface area contributed by atoms with Crippen LogP contribution in [0.5, 0.6) is 5.75 Å². The number of hydrogen-bond acceptors (Lipinski definition) is 4. The fraction of sp³-hybridized carbons (Fsp3) is 0.464. The molecule has 0 aliphatic heterocycles. The Morgan fingerprint density at radius 1 is 1.08 bits per heavy atom. The molecule has 0 spiro atoms. The quantitative estimate of drug-likeness (QED) is 0.448. The predicted molar refractivity (Wildman–Crippen MR) is 144 cm³/mol. The second-order valence-electron chi connectivity index (χ2n) is 10.6. The van der Waals surface area contributed by atoms with Crippen molar-refractivity contribution in [3.8, 4) is 5.75 Å². The lowest BCUT2D eigenvalue weighted by molar-refractivity contribution is -0.148. The highest BCUT2D eigenvalue weighted by atomic mass is 35.5. The average Bonchev–Trinajstić information content (AvgIpc) is 3.08. The van der Waals surface area contributed by atoms with Gasteiger partial charge in [0.1, 0.15) is 18.4 Å². The molecular weight excluding hydrogens is 515 g/mol. The zero-order chi connectivity index (χ0) is 27.5. The zero-order valence-corrected chi connectivity index (χ0v) is 23.3. The smallest absolute Gasteiger partial charge is 0.326 e. The molecule has 2 N–H and O–H groups in total. The van der Waals surface area contributed by atoms with E-state index in [0.29, 0.717) is 34.2 Å². The molecule has 0 bridgehead atoms. The summed E-state index contributed by atoms with van der Waals surface area (Å²) in [6, 6.07) is 11.1. The number of amides is 2. The van der Waals surface area contributed by atoms with Gasteiger partial charge >= 0.3 is 5.97 Å². The Labute approximate surface area is 228 Å². The number of carboxylic acid groups (broad SMARTS) is 1. The van der Waals surface area contributed by atoms with E-state index in [9.17, 15) is 19.5 Å². The minimum atomic E-state index is -1.12. The van der Waals surface area contributed by atoms with Crippen LogP contribution in [0.4, 0.5) is 0 Å². The van der Waals surface area contributed by atoms with Crippen LogP contribution in [-0.2, 0) is 27.4 Å². The monoisotopic (exact) mass is 548 g/mol. The van der Waals surface area contributed by atoms with Gasteiger partial charge in [-0.1, -0.05) is 62.2 Å². The molecule has 9 heteroatoms. The Kier molecular flexibility index (Phi) is 8.81. The maximum Gasteiger partial charge on any atom is 0.326 e. The lowest BCUT2D eigenvalue weighted by atomic mass is 9.64. The number of carbonyl (C=O) groups excluding carboxylic acids is 2. The Balaban J connectivity index is 1.65. The third-order valence-electron chi connectivity index (χ3n) is 7.84. The van der Waals surface area contributed by atoms with E-state index in [0.717, 1.165) is 5.56 Å². The number of halogens is 2. The highest BCUT2D eigenvalue weighted by molar-refractivity contribution is 6.35. The van der Waals surface area contributed by atoms with E-state index in [4.69, 9.17) is 27.9 Å². The Bertz CT molecular complexity index is 1150. The number of nitrogens with one attached hydrogen (secondary N) is 1. The van der Waals surface area contributed by atoms with Crippen LogP contribution in [0.15, 0.2) is 42.5 Å². The van der Waals surface area contributed by atoms with E-state index in [-0.39, 0.29) is 24.8 Å². The summed E-state index contributed by atoms with van der Waals surface area (Å²) in [4.78, 5) is 39.7. The van der Waals surface area contributed by atoms with E-state index in [1.54, 1.807) is 61.5 Å². The van der Waals surface area contributed by atoms with Gasteiger partial charge in [-0.05, 0) is 48.1 Å². The van der Waals surface area contributed by atoms with Gasteiger partial charge in [-0.15, -0.1) is 0 Å². The molecule has 0 radical (unpaired) electrons. The summed E-state index contributed by atoms with van der Waals surface area (Å²) in [5, 5.41) is 13.6. The van der Waals surface area contributed by atoms with Gasteiger partial charge in [-0.2, -0.15) is 0 Å². The number of ether oxygens (including phenoxy) is 1. The molecule has 7 nitrogen and oxygen atoms in total. The van der Waals surface area contributed by atoms with Crippen molar-refractivity contribution in [1.29, 1.82) is 0 Å². The summed E-state index contributed by atoms with van der Waals surface area (Å²) >= 11 is 12.4. The molecule has 2 aromatic carbocycles. The largest absolute Gasteiger partial charge is 0.489 e. The Morgan fingerprint density at radius 2 is 1.68 bits per heavy atom. The van der Waals surface area contributed by atoms with Crippen molar-refractivity contribution in [2.75, 3.05) is 14.1 Å². The lowest BCUT2D eigenvalue weighted by Gasteiger charge is -2.41. The minimum Gasteiger partial charge on any atom is -0.489 e. The third-order valence-corrected chi connectivity index (χ3v) is 8.55. The third kappa shape index (κ3) is 6.04. The van der Waals surface area contributed by atoms with Crippen LogP contribution in [0.2, 0.25) is 10.0 Å². The SMILES string of the molecule is CN(C)C(=O)[C@]1(C)CC[C@H](C(=O)N[C@@H](Cc2ccc(OCc3c(Cl)cccc3Cl)cc2)C(=O)O)C1(C)C. The van der Waals surface area contributed by atoms with Gasteiger partial charge in [0.25, 0.3) is 0 Å². The molecule has 2 amide bonds. The highest BCUT2D eigenvalue weighted by Gasteiger charge is 2.58. The first-order valence-corrected chi connectivity index (χ1v) is 12.9. The molecule has 0 heterocycles. The molecule has 200 valence electrons. The predicted octanol–water partition coefficient (Wildman–Crippen LogP) is 5.22. The van der Waals surface area contributed by atoms with Crippen LogP contribution >= 0.6 is 23.2 Å². The van der Waals surface area contributed by atoms with Crippen molar-refractivity contribution in [2.24, 2.45) is 16.7 Å². The molecule has 1 fully saturated rings. The van der Waals surface area contributed by atoms with Gasteiger partial charge in [0.15, 0.2) is 0 Å². The van der Waals surface area contributed by atoms with Crippen molar-refractivity contribution in [2.45, 2.75) is 52.7 Å². The molecule has 2 aromatic rings. The van der Waals surface area contributed by atoms with E-state index >= 15 is 0 Å². The first kappa shape index (κ1) is 28.8. The molecular formula is C28H34Cl2N2O5. The number of carboxylic acids is 1. The minimum absolute atomic E-state index is 0.0262. The van der Waals surface area contributed by atoms with E-state index in [2.05, 4.69) is 5.32 Å². The van der Waals surface area contributed by atoms with Crippen LogP contribution in [0.3, 0.4) is 0 Å². The molecule has 0 saturated heterocycles. The van der Waals surface area contributed by atoms with Crippen molar-refractivity contribution >= 4 is 41.0 Å². The molecule has 1 saturated carbocycles. The van der Waals surface area contributed by atoms with Gasteiger partial charge in [-0.3, -0.25) is 9.59 Å². The molecule has 1 aliphatic rings. The first-order chi connectivity index (χ1) is 17.3. The van der Waals surface area contributed by atoms with Crippen molar-refractivity contribution in [3.63, 3.8) is 0 Å². The first-order valence-electron chi connectivity index (χ1n) is 12.2. The summed E-state index contributed by atoms with van der Waals surface area (Å²) in [6.45, 7) is 5.91. The molecule has 3 atom stereocenters. The number of aliphatic carboxylic acids is 1. The maximum absolute atomic E-state index is 13.2. The van der Waals surface area contributed by atoms with E-state index in [1.807, 2.05) is 20.8 Å². The summed E-state index contributed by atoms with van der Waals surface area (Å²) < 4.78 is 5.79. The second-order valence-corrected chi connectivity index (χ2v) is 11.4. The van der Waals surface area contributed by atoms with E-state index in [1.165, 1.54) is 0 Å². The van der Waals surface area contributed by atoms with E-state index < -0.39 is 28.8 Å². The summed E-state index contributed by atoms with van der Waals surface area (Å²) in [5.74, 6) is -1.39. The highest BCUT2D eigenvalue weighted by Crippen LogP contribution is 2.56.